The van der Waals surface area contributed by atoms with E-state index in [0.29, 0.717) is 0 Å². The molecule has 0 radical (unpaired) electrons. The molecule has 384 valence electrons. The zero-order valence-electron chi connectivity index (χ0n) is 34.6. The fraction of sp³-hybridized carbons (Fsp3) is 0.722. The highest BCUT2D eigenvalue weighted by Gasteiger charge is 2.48. The van der Waals surface area contributed by atoms with E-state index < -0.39 is 222 Å². The summed E-state index contributed by atoms with van der Waals surface area (Å²) in [6, 6.07) is 0. The van der Waals surface area contributed by atoms with Crippen LogP contribution in [0.4, 0.5) is 0 Å². The van der Waals surface area contributed by atoms with E-state index in [4.69, 9.17) is 33.2 Å². The summed E-state index contributed by atoms with van der Waals surface area (Å²) in [4.78, 5) is 0. The van der Waals surface area contributed by atoms with Crippen LogP contribution in [0.1, 0.15) is 32.1 Å². The molecule has 3 rings (SSSR count). The first-order chi connectivity index (χ1) is 31.1. The molecule has 0 aromatic heterocycles. The van der Waals surface area contributed by atoms with Crippen LogP contribution in [-0.4, -0.2) is 250 Å². The summed E-state index contributed by atoms with van der Waals surface area (Å²) >= 11 is 0. The van der Waals surface area contributed by atoms with Gasteiger partial charge in [0.1, 0.15) is 54.9 Å². The smallest absolute Gasteiger partial charge is 0.218 e. The maximum absolute atomic E-state index is 10.9. The minimum atomic E-state index is -2.80. The van der Waals surface area contributed by atoms with Crippen LogP contribution in [-0.2, 0) is 33.2 Å². The van der Waals surface area contributed by atoms with Gasteiger partial charge in [-0.25, -0.2) is 0 Å². The number of hydrogen-bond acceptors (Lipinski definition) is 30. The summed E-state index contributed by atoms with van der Waals surface area (Å²) < 4.78 is 36.0. The number of fused-ring (bicyclic) bond motifs is 22. The number of aliphatic hydroxyl groups is 23. The van der Waals surface area contributed by atoms with Crippen LogP contribution in [0.2, 0.25) is 0 Å². The van der Waals surface area contributed by atoms with Crippen molar-refractivity contribution in [2.75, 3.05) is 39.6 Å². The van der Waals surface area contributed by atoms with E-state index in [1.54, 1.807) is 0 Å². The van der Waals surface area contributed by atoms with Gasteiger partial charge in [-0.2, -0.15) is 0 Å². The van der Waals surface area contributed by atoms with Gasteiger partial charge in [0.25, 0.3) is 0 Å². The van der Waals surface area contributed by atoms with Crippen LogP contribution in [0.5, 0.6) is 0 Å². The predicted octanol–water partition coefficient (Wildman–Crippen LogP) is -5.11. The highest BCUT2D eigenvalue weighted by Crippen LogP contribution is 2.31. The first kappa shape index (κ1) is 58.0. The zero-order chi connectivity index (χ0) is 50.2. The predicted molar refractivity (Wildman–Crippen MR) is 207 cm³/mol. The molecule has 1 saturated heterocycles. The van der Waals surface area contributed by atoms with Crippen LogP contribution >= 0.6 is 0 Å². The van der Waals surface area contributed by atoms with E-state index in [9.17, 15) is 117 Å². The van der Waals surface area contributed by atoms with Crippen LogP contribution in [0.3, 0.4) is 0 Å². The van der Waals surface area contributed by atoms with Crippen molar-refractivity contribution in [3.63, 3.8) is 0 Å². The minimum Gasteiger partial charge on any atom is -0.506 e. The Kier molecular flexibility index (Phi) is 24.3. The third-order valence-electron chi connectivity index (χ3n) is 9.54. The van der Waals surface area contributed by atoms with E-state index in [2.05, 4.69) is 0 Å². The second-order valence-corrected chi connectivity index (χ2v) is 14.1. The summed E-state index contributed by atoms with van der Waals surface area (Å²) in [6.07, 6.45) is -39.1. The first-order valence-electron chi connectivity index (χ1n) is 19.7. The quantitative estimate of drug-likeness (QED) is 0.0921. The van der Waals surface area contributed by atoms with Gasteiger partial charge in [-0.15, -0.1) is 0 Å². The fourth-order valence-corrected chi connectivity index (χ4v) is 5.98. The maximum Gasteiger partial charge on any atom is 0.218 e. The average Bonchev–Trinajstić information content (AvgIpc) is 3.29. The van der Waals surface area contributed by atoms with E-state index in [1.165, 1.54) is 0 Å². The van der Waals surface area contributed by atoms with Crippen molar-refractivity contribution in [3.8, 4) is 0 Å². The molecule has 0 aromatic rings. The fourth-order valence-electron chi connectivity index (χ4n) is 5.98. The monoisotopic (exact) mass is 972 g/mol. The third kappa shape index (κ3) is 15.2. The Labute approximate surface area is 372 Å². The third-order valence-corrected chi connectivity index (χ3v) is 9.54. The molecule has 3 heterocycles. The number of aliphatic hydroxyl groups excluding tert-OH is 23. The van der Waals surface area contributed by atoms with Crippen LogP contribution < -0.4 is 0 Å². The Hall–Kier alpha value is -4.10. The summed E-state index contributed by atoms with van der Waals surface area (Å²) in [5.41, 5.74) is 0. The van der Waals surface area contributed by atoms with Crippen molar-refractivity contribution >= 4 is 0 Å². The van der Waals surface area contributed by atoms with Crippen LogP contribution in [0, 0.1) is 0 Å². The Bertz CT molecular complexity index is 1650. The number of hydrogen-bond donors (Lipinski definition) is 23. The van der Waals surface area contributed by atoms with Crippen LogP contribution in [0.15, 0.2) is 57.6 Å². The van der Waals surface area contributed by atoms with Gasteiger partial charge in [0.15, 0.2) is 63.9 Å². The van der Waals surface area contributed by atoms with Gasteiger partial charge in [-0.3, -0.25) is 0 Å². The molecule has 3 aliphatic rings. The molecule has 15 unspecified atom stereocenters. The molecule has 0 aromatic carbocycles. The molecule has 2 bridgehead atoms. The highest BCUT2D eigenvalue weighted by atomic mass is 16.7. The molecular weight excluding hydrogens is 912 g/mol. The standard InChI is InChI=1S/C36H60O30/c37-6-1-12-18(43)24(49)31(55)61-13(2-7-38)19(44)26(51)33(57)63-15(4-9-40)21(46)28(53)35(59)66-30-17(11-42)65-36(29(54)23(30)48)64-16(5-10-41)22(47)27(52)34(58)62-14(3-8-39)20(45)25(50)32(56)60-12/h12-17,23,29-59H,1-11H2/b24-18+,25-20+,26-19+,27-22-,28-21+. The van der Waals surface area contributed by atoms with Gasteiger partial charge in [0.2, 0.25) is 31.5 Å². The Morgan fingerprint density at radius 3 is 0.773 bits per heavy atom. The van der Waals surface area contributed by atoms with Crippen molar-refractivity contribution in [1.29, 1.82) is 0 Å². The highest BCUT2D eigenvalue weighted by molar-refractivity contribution is 5.14. The van der Waals surface area contributed by atoms with Gasteiger partial charge in [-0.1, -0.05) is 0 Å². The van der Waals surface area contributed by atoms with E-state index in [-0.39, 0.29) is 0 Å². The van der Waals surface area contributed by atoms with E-state index in [1.807, 2.05) is 0 Å². The molecule has 15 atom stereocenters. The lowest BCUT2D eigenvalue weighted by molar-refractivity contribution is -0.329. The van der Waals surface area contributed by atoms with Gasteiger partial charge < -0.3 is 151 Å². The number of rotatable bonds is 11. The van der Waals surface area contributed by atoms with Gasteiger partial charge in [0, 0.05) is 65.1 Å². The topological polar surface area (TPSA) is 530 Å². The van der Waals surface area contributed by atoms with Crippen LogP contribution in [0.25, 0.3) is 0 Å². The van der Waals surface area contributed by atoms with Crippen molar-refractivity contribution in [2.24, 2.45) is 0 Å². The maximum atomic E-state index is 10.9. The SMILES string of the molecule is OCCC1OC2OC(CO)C(OC(O)/C(O)=C(\O)C(CCO)OC(O)/C(O)=C(\O)C(CCO)OC(O)/C(O)=C(\O)C(CCO)OC(O)/C(O)=C(\O)C(CCO)OC(O)/C(O)=C\1O)C(O)C2O. The van der Waals surface area contributed by atoms with Crippen molar-refractivity contribution in [3.05, 3.63) is 57.6 Å². The van der Waals surface area contributed by atoms with Crippen molar-refractivity contribution in [1.82, 2.24) is 0 Å². The van der Waals surface area contributed by atoms with Gasteiger partial charge >= 0.3 is 0 Å². The lowest BCUT2D eigenvalue weighted by Crippen LogP contribution is -2.61. The molecule has 1 fully saturated rings. The molecule has 3 aliphatic heterocycles. The lowest BCUT2D eigenvalue weighted by Gasteiger charge is -2.43. The first-order valence-corrected chi connectivity index (χ1v) is 19.7. The molecule has 0 amide bonds. The van der Waals surface area contributed by atoms with Crippen molar-refractivity contribution in [2.45, 2.75) is 125 Å². The number of ether oxygens (including phenoxy) is 7. The second kappa shape index (κ2) is 27.6. The molecule has 66 heavy (non-hydrogen) atoms. The van der Waals surface area contributed by atoms with Gasteiger partial charge in [-0.05, 0) is 0 Å². The summed E-state index contributed by atoms with van der Waals surface area (Å²) in [6.45, 7) is -5.77. The zero-order valence-corrected chi connectivity index (χ0v) is 34.6. The lowest BCUT2D eigenvalue weighted by atomic mass is 9.98. The van der Waals surface area contributed by atoms with E-state index in [0.717, 1.165) is 0 Å². The Balaban J connectivity index is 2.82. The van der Waals surface area contributed by atoms with Crippen molar-refractivity contribution < 1.29 is 151 Å². The van der Waals surface area contributed by atoms with E-state index >= 15 is 0 Å². The summed E-state index contributed by atoms with van der Waals surface area (Å²) in [7, 11) is 0. The molecule has 23 N–H and O–H groups in total. The minimum absolute atomic E-state index is 0.710. The molecule has 0 saturated carbocycles. The summed E-state index contributed by atoms with van der Waals surface area (Å²) in [5.74, 6) is -15.3. The summed E-state index contributed by atoms with van der Waals surface area (Å²) in [5, 5.41) is 240. The Morgan fingerprint density at radius 2 is 0.530 bits per heavy atom. The largest absolute Gasteiger partial charge is 0.506 e. The Morgan fingerprint density at radius 1 is 0.288 bits per heavy atom. The van der Waals surface area contributed by atoms with Gasteiger partial charge in [0.05, 0.1) is 6.61 Å². The molecule has 0 spiro atoms. The molecule has 30 nitrogen and oxygen atoms in total. The second-order valence-electron chi connectivity index (χ2n) is 14.1. The molecule has 30 heteroatoms. The normalized spacial score (nSPS) is 40.9. The molecule has 0 aliphatic carbocycles. The molecular formula is C36H60O30. The average molecular weight is 973 g/mol.